The minimum absolute atomic E-state index is 0.0131. The highest BCUT2D eigenvalue weighted by molar-refractivity contribution is 9.11. The standard InChI is InChI=1S/C14H18Br2N2O/c1-14(2)6-3-7-17-12(14)13(19)18-11-8-9(15)4-5-10(11)16/h4-5,8,12,17H,3,6-7H2,1-2H3,(H,18,19). The SMILES string of the molecule is CC1(C)CCCNC1C(=O)Nc1cc(Br)ccc1Br. The van der Waals surface area contributed by atoms with Gasteiger partial charge in [-0.1, -0.05) is 29.8 Å². The van der Waals surface area contributed by atoms with Gasteiger partial charge in [-0.2, -0.15) is 0 Å². The van der Waals surface area contributed by atoms with E-state index in [1.807, 2.05) is 18.2 Å². The molecule has 104 valence electrons. The molecule has 1 aromatic carbocycles. The topological polar surface area (TPSA) is 41.1 Å². The summed E-state index contributed by atoms with van der Waals surface area (Å²) in [5.74, 6) is 0.0310. The molecule has 1 unspecified atom stereocenters. The van der Waals surface area contributed by atoms with Crippen LogP contribution < -0.4 is 10.6 Å². The molecule has 1 heterocycles. The molecule has 1 amide bonds. The third-order valence-electron chi connectivity index (χ3n) is 3.58. The van der Waals surface area contributed by atoms with Crippen molar-refractivity contribution in [2.24, 2.45) is 5.41 Å². The van der Waals surface area contributed by atoms with Crippen molar-refractivity contribution in [2.75, 3.05) is 11.9 Å². The van der Waals surface area contributed by atoms with E-state index >= 15 is 0 Å². The Morgan fingerprint density at radius 2 is 2.16 bits per heavy atom. The lowest BCUT2D eigenvalue weighted by molar-refractivity contribution is -0.121. The van der Waals surface area contributed by atoms with Gasteiger partial charge in [0, 0.05) is 8.95 Å². The van der Waals surface area contributed by atoms with E-state index in [1.165, 1.54) is 0 Å². The zero-order chi connectivity index (χ0) is 14.0. The molecule has 19 heavy (non-hydrogen) atoms. The summed E-state index contributed by atoms with van der Waals surface area (Å²) in [5, 5.41) is 6.32. The molecule has 2 N–H and O–H groups in total. The quantitative estimate of drug-likeness (QED) is 0.804. The van der Waals surface area contributed by atoms with Crippen molar-refractivity contribution in [1.82, 2.24) is 5.32 Å². The Morgan fingerprint density at radius 3 is 2.84 bits per heavy atom. The molecule has 0 aromatic heterocycles. The van der Waals surface area contributed by atoms with Gasteiger partial charge in [0.2, 0.25) is 5.91 Å². The first-order valence-corrected chi connectivity index (χ1v) is 7.98. The van der Waals surface area contributed by atoms with E-state index in [2.05, 4.69) is 56.3 Å². The minimum Gasteiger partial charge on any atom is -0.324 e. The van der Waals surface area contributed by atoms with Crippen LogP contribution in [0.4, 0.5) is 5.69 Å². The van der Waals surface area contributed by atoms with Crippen molar-refractivity contribution in [2.45, 2.75) is 32.7 Å². The molecule has 1 aliphatic heterocycles. The lowest BCUT2D eigenvalue weighted by atomic mass is 9.77. The van der Waals surface area contributed by atoms with E-state index in [0.29, 0.717) is 0 Å². The molecule has 0 radical (unpaired) electrons. The number of halogens is 2. The number of benzene rings is 1. The van der Waals surface area contributed by atoms with Crippen LogP contribution in [0.25, 0.3) is 0 Å². The fourth-order valence-electron chi connectivity index (χ4n) is 2.46. The zero-order valence-electron chi connectivity index (χ0n) is 11.1. The number of hydrogen-bond donors (Lipinski definition) is 2. The molecule has 0 aliphatic carbocycles. The highest BCUT2D eigenvalue weighted by atomic mass is 79.9. The predicted molar refractivity (Wildman–Crippen MR) is 85.3 cm³/mol. The maximum absolute atomic E-state index is 12.4. The summed E-state index contributed by atoms with van der Waals surface area (Å²) in [7, 11) is 0. The third-order valence-corrected chi connectivity index (χ3v) is 4.76. The maximum atomic E-state index is 12.4. The largest absolute Gasteiger partial charge is 0.324 e. The predicted octanol–water partition coefficient (Wildman–Crippen LogP) is 3.93. The number of carbonyl (C=O) groups excluding carboxylic acids is 1. The molecule has 3 nitrogen and oxygen atoms in total. The van der Waals surface area contributed by atoms with Crippen LogP contribution in [0.2, 0.25) is 0 Å². The van der Waals surface area contributed by atoms with Gasteiger partial charge < -0.3 is 10.6 Å². The molecule has 1 aliphatic rings. The van der Waals surface area contributed by atoms with Crippen LogP contribution in [0.3, 0.4) is 0 Å². The van der Waals surface area contributed by atoms with Gasteiger partial charge in [0.25, 0.3) is 0 Å². The Kier molecular flexibility index (Phi) is 4.69. The van der Waals surface area contributed by atoms with Gasteiger partial charge in [0.1, 0.15) is 0 Å². The summed E-state index contributed by atoms with van der Waals surface area (Å²) >= 11 is 6.87. The van der Waals surface area contributed by atoms with E-state index in [9.17, 15) is 4.79 Å². The highest BCUT2D eigenvalue weighted by Gasteiger charge is 2.37. The van der Waals surface area contributed by atoms with E-state index in [-0.39, 0.29) is 17.4 Å². The number of nitrogens with one attached hydrogen (secondary N) is 2. The van der Waals surface area contributed by atoms with Crippen LogP contribution in [0.5, 0.6) is 0 Å². The van der Waals surface area contributed by atoms with Crippen molar-refractivity contribution in [3.63, 3.8) is 0 Å². The average Bonchev–Trinajstić information content (AvgIpc) is 2.33. The normalized spacial score (nSPS) is 22.0. The van der Waals surface area contributed by atoms with E-state index < -0.39 is 0 Å². The highest BCUT2D eigenvalue weighted by Crippen LogP contribution is 2.32. The third kappa shape index (κ3) is 3.58. The number of piperidine rings is 1. The van der Waals surface area contributed by atoms with E-state index in [0.717, 1.165) is 34.0 Å². The molecule has 1 saturated heterocycles. The fourth-order valence-corrected chi connectivity index (χ4v) is 3.16. The second kappa shape index (κ2) is 5.94. The Morgan fingerprint density at radius 1 is 1.42 bits per heavy atom. The summed E-state index contributed by atoms with van der Waals surface area (Å²) in [6.45, 7) is 5.18. The molecule has 0 spiro atoms. The van der Waals surface area contributed by atoms with E-state index in [1.54, 1.807) is 0 Å². The van der Waals surface area contributed by atoms with Gasteiger partial charge in [0.15, 0.2) is 0 Å². The number of anilines is 1. The first kappa shape index (κ1) is 15.0. The molecule has 1 fully saturated rings. The van der Waals surface area contributed by atoms with Crippen LogP contribution in [0.1, 0.15) is 26.7 Å². The number of hydrogen-bond acceptors (Lipinski definition) is 2. The first-order chi connectivity index (χ1) is 8.90. The van der Waals surface area contributed by atoms with Crippen molar-refractivity contribution in [3.8, 4) is 0 Å². The molecule has 0 saturated carbocycles. The molecule has 1 atom stereocenters. The Balaban J connectivity index is 2.14. The van der Waals surface area contributed by atoms with Crippen LogP contribution >= 0.6 is 31.9 Å². The monoisotopic (exact) mass is 388 g/mol. The molecule has 5 heteroatoms. The summed E-state index contributed by atoms with van der Waals surface area (Å²) in [6.07, 6.45) is 2.19. The van der Waals surface area contributed by atoms with Gasteiger partial charge in [-0.3, -0.25) is 4.79 Å². The number of rotatable bonds is 2. The summed E-state index contributed by atoms with van der Waals surface area (Å²) in [6, 6.07) is 5.60. The average molecular weight is 390 g/mol. The van der Waals surface area contributed by atoms with Crippen molar-refractivity contribution in [3.05, 3.63) is 27.1 Å². The first-order valence-electron chi connectivity index (χ1n) is 6.39. The van der Waals surface area contributed by atoms with Crippen LogP contribution in [0.15, 0.2) is 27.1 Å². The summed E-state index contributed by atoms with van der Waals surface area (Å²) in [4.78, 5) is 12.4. The molecular formula is C14H18Br2N2O. The summed E-state index contributed by atoms with van der Waals surface area (Å²) in [5.41, 5.74) is 0.781. The Bertz CT molecular complexity index is 488. The van der Waals surface area contributed by atoms with Crippen molar-refractivity contribution < 1.29 is 4.79 Å². The van der Waals surface area contributed by atoms with Crippen molar-refractivity contribution in [1.29, 1.82) is 0 Å². The number of carbonyl (C=O) groups is 1. The Labute approximate surface area is 130 Å². The minimum atomic E-state index is -0.146. The van der Waals surface area contributed by atoms with Gasteiger partial charge in [-0.05, 0) is 58.9 Å². The molecule has 1 aromatic rings. The zero-order valence-corrected chi connectivity index (χ0v) is 14.3. The fraction of sp³-hybridized carbons (Fsp3) is 0.500. The van der Waals surface area contributed by atoms with Crippen LogP contribution in [-0.2, 0) is 4.79 Å². The van der Waals surface area contributed by atoms with Crippen molar-refractivity contribution >= 4 is 43.5 Å². The molecular weight excluding hydrogens is 372 g/mol. The van der Waals surface area contributed by atoms with Crippen LogP contribution in [0, 0.1) is 5.41 Å². The second-order valence-corrected chi connectivity index (χ2v) is 7.36. The van der Waals surface area contributed by atoms with Gasteiger partial charge in [-0.25, -0.2) is 0 Å². The number of amides is 1. The lowest BCUT2D eigenvalue weighted by Gasteiger charge is -2.38. The van der Waals surface area contributed by atoms with Gasteiger partial charge in [0.05, 0.1) is 11.7 Å². The van der Waals surface area contributed by atoms with E-state index in [4.69, 9.17) is 0 Å². The Hall–Kier alpha value is -0.390. The smallest absolute Gasteiger partial charge is 0.242 e. The maximum Gasteiger partial charge on any atom is 0.242 e. The second-order valence-electron chi connectivity index (χ2n) is 5.59. The van der Waals surface area contributed by atoms with Gasteiger partial charge >= 0.3 is 0 Å². The molecule has 2 rings (SSSR count). The summed E-state index contributed by atoms with van der Waals surface area (Å²) < 4.78 is 1.83. The molecule has 0 bridgehead atoms. The van der Waals surface area contributed by atoms with Gasteiger partial charge in [-0.15, -0.1) is 0 Å². The lowest BCUT2D eigenvalue weighted by Crippen LogP contribution is -2.53. The van der Waals surface area contributed by atoms with Crippen LogP contribution in [-0.4, -0.2) is 18.5 Å².